The molecular formula is C12H12BClN2O. The van der Waals surface area contributed by atoms with Crippen LogP contribution < -0.4 is 0 Å². The summed E-state index contributed by atoms with van der Waals surface area (Å²) in [4.78, 5) is 19.8. The van der Waals surface area contributed by atoms with Crippen molar-refractivity contribution in [2.75, 3.05) is 0 Å². The van der Waals surface area contributed by atoms with Crippen molar-refractivity contribution < 1.29 is 4.79 Å². The Bertz CT molecular complexity index is 608. The van der Waals surface area contributed by atoms with Crippen molar-refractivity contribution in [1.29, 1.82) is 0 Å². The lowest BCUT2D eigenvalue weighted by molar-refractivity contribution is 0.0974. The summed E-state index contributed by atoms with van der Waals surface area (Å²) < 4.78 is 0. The van der Waals surface area contributed by atoms with Crippen LogP contribution in [0.15, 0.2) is 12.3 Å². The number of aromatic nitrogens is 2. The molecule has 0 amide bonds. The minimum absolute atomic E-state index is 0.153. The van der Waals surface area contributed by atoms with Crippen molar-refractivity contribution in [2.45, 2.75) is 25.5 Å². The summed E-state index contributed by atoms with van der Waals surface area (Å²) in [7, 11) is 0.902. The lowest BCUT2D eigenvalue weighted by Gasteiger charge is -2.18. The van der Waals surface area contributed by atoms with E-state index in [0.29, 0.717) is 5.02 Å². The van der Waals surface area contributed by atoms with Crippen LogP contribution in [0.2, 0.25) is 17.7 Å². The van der Waals surface area contributed by atoms with Crippen LogP contribution in [0.5, 0.6) is 0 Å². The lowest BCUT2D eigenvalue weighted by Crippen LogP contribution is -2.20. The number of H-pyrrole nitrogens is 1. The van der Waals surface area contributed by atoms with E-state index in [2.05, 4.69) is 16.8 Å². The van der Waals surface area contributed by atoms with Crippen molar-refractivity contribution in [3.05, 3.63) is 28.5 Å². The molecule has 0 aromatic carbocycles. The van der Waals surface area contributed by atoms with E-state index < -0.39 is 0 Å². The standard InChI is InChI=1S/C12H12BClN2O/c1-13-8-2-3-9-10(11(8)17)7-4-6(14)5-15-12(7)16-9/h4-5,8,13H,2-3H2,1H3,(H,15,16). The molecule has 2 aromatic rings. The number of hydrogen-bond acceptors (Lipinski definition) is 2. The molecule has 1 atom stereocenters. The highest BCUT2D eigenvalue weighted by atomic mass is 35.5. The molecule has 5 heteroatoms. The molecule has 0 saturated carbocycles. The highest BCUT2D eigenvalue weighted by Crippen LogP contribution is 2.34. The summed E-state index contributed by atoms with van der Waals surface area (Å²) in [5.74, 6) is 0.393. The van der Waals surface area contributed by atoms with E-state index in [1.54, 1.807) is 6.20 Å². The molecule has 1 aliphatic rings. The zero-order chi connectivity index (χ0) is 12.0. The molecule has 3 nitrogen and oxygen atoms in total. The quantitative estimate of drug-likeness (QED) is 0.786. The molecule has 0 radical (unpaired) electrons. The number of Topliss-reactive ketones (excluding diaryl/α,β-unsaturated/α-hetero) is 1. The van der Waals surface area contributed by atoms with Gasteiger partial charge in [-0.25, -0.2) is 4.98 Å². The Balaban J connectivity index is 2.25. The molecule has 17 heavy (non-hydrogen) atoms. The van der Waals surface area contributed by atoms with Crippen LogP contribution in [0.25, 0.3) is 11.0 Å². The van der Waals surface area contributed by atoms with Gasteiger partial charge in [0.1, 0.15) is 12.9 Å². The van der Waals surface area contributed by atoms with Gasteiger partial charge < -0.3 is 4.98 Å². The summed E-state index contributed by atoms with van der Waals surface area (Å²) in [6.07, 6.45) is 3.46. The van der Waals surface area contributed by atoms with Gasteiger partial charge in [-0.05, 0) is 24.7 Å². The third-order valence-electron chi connectivity index (χ3n) is 3.55. The molecule has 1 unspecified atom stereocenters. The summed E-state index contributed by atoms with van der Waals surface area (Å²) in [5.41, 5.74) is 2.60. The van der Waals surface area contributed by atoms with E-state index in [4.69, 9.17) is 11.6 Å². The van der Waals surface area contributed by atoms with E-state index in [1.807, 2.05) is 6.07 Å². The Morgan fingerprint density at radius 2 is 2.41 bits per heavy atom. The van der Waals surface area contributed by atoms with Crippen LogP contribution in [0, 0.1) is 0 Å². The number of pyridine rings is 1. The highest BCUT2D eigenvalue weighted by Gasteiger charge is 2.29. The molecule has 0 spiro atoms. The first-order valence-electron chi connectivity index (χ1n) is 5.91. The van der Waals surface area contributed by atoms with Gasteiger partial charge in [0.25, 0.3) is 0 Å². The van der Waals surface area contributed by atoms with Gasteiger partial charge in [-0.1, -0.05) is 18.4 Å². The van der Waals surface area contributed by atoms with Crippen molar-refractivity contribution >= 4 is 35.7 Å². The molecule has 86 valence electrons. The molecule has 3 rings (SSSR count). The number of fused-ring (bicyclic) bond motifs is 3. The van der Waals surface area contributed by atoms with Crippen LogP contribution in [-0.2, 0) is 6.42 Å². The van der Waals surface area contributed by atoms with Gasteiger partial charge in [0.15, 0.2) is 5.78 Å². The van der Waals surface area contributed by atoms with Crippen LogP contribution in [0.3, 0.4) is 0 Å². The topological polar surface area (TPSA) is 45.8 Å². The van der Waals surface area contributed by atoms with E-state index in [1.165, 1.54) is 0 Å². The normalized spacial score (nSPS) is 19.4. The fourth-order valence-corrected chi connectivity index (χ4v) is 2.77. The molecule has 0 bridgehead atoms. The average molecular weight is 247 g/mol. The second-order valence-corrected chi connectivity index (χ2v) is 4.97. The Morgan fingerprint density at radius 3 is 3.18 bits per heavy atom. The predicted octanol–water partition coefficient (Wildman–Crippen LogP) is 2.62. The summed E-state index contributed by atoms with van der Waals surface area (Å²) in [6.45, 7) is 2.06. The Labute approximate surface area is 105 Å². The Hall–Kier alpha value is -1.29. The van der Waals surface area contributed by atoms with Crippen LogP contribution in [-0.4, -0.2) is 23.0 Å². The number of rotatable bonds is 1. The zero-order valence-corrected chi connectivity index (χ0v) is 10.3. The molecule has 2 heterocycles. The first kappa shape index (κ1) is 10.8. The highest BCUT2D eigenvalue weighted by molar-refractivity contribution is 6.45. The van der Waals surface area contributed by atoms with Gasteiger partial charge in [0.05, 0.1) is 5.02 Å². The van der Waals surface area contributed by atoms with Crippen molar-refractivity contribution in [2.24, 2.45) is 0 Å². The molecule has 2 aromatic heterocycles. The number of nitrogens with one attached hydrogen (secondary N) is 1. The lowest BCUT2D eigenvalue weighted by atomic mass is 9.60. The van der Waals surface area contributed by atoms with Gasteiger partial charge >= 0.3 is 0 Å². The van der Waals surface area contributed by atoms with E-state index in [0.717, 1.165) is 42.4 Å². The second-order valence-electron chi connectivity index (χ2n) is 4.54. The van der Waals surface area contributed by atoms with Gasteiger partial charge in [0, 0.05) is 22.8 Å². The van der Waals surface area contributed by atoms with Crippen LogP contribution >= 0.6 is 11.6 Å². The van der Waals surface area contributed by atoms with Crippen LogP contribution in [0.1, 0.15) is 22.5 Å². The zero-order valence-electron chi connectivity index (χ0n) is 9.59. The van der Waals surface area contributed by atoms with Crippen molar-refractivity contribution in [3.63, 3.8) is 0 Å². The fourth-order valence-electron chi connectivity index (χ4n) is 2.61. The minimum atomic E-state index is 0.153. The van der Waals surface area contributed by atoms with E-state index in [-0.39, 0.29) is 11.6 Å². The summed E-state index contributed by atoms with van der Waals surface area (Å²) >= 11 is 5.95. The predicted molar refractivity (Wildman–Crippen MR) is 70.5 cm³/mol. The van der Waals surface area contributed by atoms with Crippen molar-refractivity contribution in [1.82, 2.24) is 9.97 Å². The number of aromatic amines is 1. The largest absolute Gasteiger partial charge is 0.343 e. The smallest absolute Gasteiger partial charge is 0.160 e. The second kappa shape index (κ2) is 3.88. The number of hydrogen-bond donors (Lipinski definition) is 1. The first-order chi connectivity index (χ1) is 8.20. The maximum absolute atomic E-state index is 12.3. The molecule has 1 aliphatic carbocycles. The van der Waals surface area contributed by atoms with Gasteiger partial charge in [-0.2, -0.15) is 0 Å². The van der Waals surface area contributed by atoms with E-state index in [9.17, 15) is 4.79 Å². The van der Waals surface area contributed by atoms with Gasteiger partial charge in [0.2, 0.25) is 0 Å². The average Bonchev–Trinajstić information content (AvgIpc) is 2.68. The fraction of sp³-hybridized carbons (Fsp3) is 0.333. The number of ketones is 1. The molecule has 0 saturated heterocycles. The Morgan fingerprint density at radius 1 is 1.59 bits per heavy atom. The maximum atomic E-state index is 12.3. The van der Waals surface area contributed by atoms with Gasteiger partial charge in [-0.3, -0.25) is 4.79 Å². The maximum Gasteiger partial charge on any atom is 0.160 e. The summed E-state index contributed by atoms with van der Waals surface area (Å²) in [6, 6.07) is 1.83. The number of nitrogens with zero attached hydrogens (tertiary/aromatic N) is 1. The van der Waals surface area contributed by atoms with Gasteiger partial charge in [-0.15, -0.1) is 0 Å². The monoisotopic (exact) mass is 246 g/mol. The minimum Gasteiger partial charge on any atom is -0.343 e. The first-order valence-corrected chi connectivity index (χ1v) is 6.28. The molecule has 0 fully saturated rings. The molecule has 0 aliphatic heterocycles. The molecule has 1 N–H and O–H groups in total. The third kappa shape index (κ3) is 1.59. The number of carbonyl (C=O) groups is 1. The van der Waals surface area contributed by atoms with E-state index >= 15 is 0 Å². The number of aryl methyl sites for hydroxylation is 1. The Kier molecular flexibility index (Phi) is 2.47. The van der Waals surface area contributed by atoms with Crippen molar-refractivity contribution in [3.8, 4) is 0 Å². The molecular weight excluding hydrogens is 234 g/mol. The summed E-state index contributed by atoms with van der Waals surface area (Å²) in [5, 5.41) is 1.45. The number of halogens is 1. The number of carbonyl (C=O) groups excluding carboxylic acids is 1. The van der Waals surface area contributed by atoms with Crippen LogP contribution in [0.4, 0.5) is 0 Å². The SMILES string of the molecule is CBC1CCc2[nH]c3ncc(Cl)cc3c2C1=O. The third-order valence-corrected chi connectivity index (χ3v) is 3.75.